The van der Waals surface area contributed by atoms with E-state index in [-0.39, 0.29) is 32.7 Å². The van der Waals surface area contributed by atoms with Crippen LogP contribution in [0.15, 0.2) is 45.7 Å². The molecule has 1 aliphatic rings. The largest absolute Gasteiger partial charge is 0.480 e. The van der Waals surface area contributed by atoms with Crippen molar-refractivity contribution < 1.29 is 32.3 Å². The lowest BCUT2D eigenvalue weighted by Crippen LogP contribution is -2.44. The lowest BCUT2D eigenvalue weighted by Gasteiger charge is -2.22. The third kappa shape index (κ3) is 5.34. The van der Waals surface area contributed by atoms with Gasteiger partial charge in [-0.25, -0.2) is 4.79 Å². The zero-order chi connectivity index (χ0) is 22.8. The van der Waals surface area contributed by atoms with Gasteiger partial charge in [0, 0.05) is 11.6 Å². The summed E-state index contributed by atoms with van der Waals surface area (Å²) in [6.07, 6.45) is -0.987. The monoisotopic (exact) mass is 487 g/mol. The van der Waals surface area contributed by atoms with Crippen LogP contribution in [0.3, 0.4) is 0 Å². The van der Waals surface area contributed by atoms with Gasteiger partial charge >= 0.3 is 12.1 Å². The fourth-order valence-corrected chi connectivity index (χ4v) is 4.70. The summed E-state index contributed by atoms with van der Waals surface area (Å²) in [6, 6.07) is 6.67. The molecule has 0 aliphatic carbocycles. The summed E-state index contributed by atoms with van der Waals surface area (Å²) in [4.78, 5) is 25.7. The highest BCUT2D eigenvalue weighted by atomic mass is 32.2. The fraction of sp³-hybridized carbons (Fsp3) is 0.250. The summed E-state index contributed by atoms with van der Waals surface area (Å²) < 4.78 is 44.5. The number of halogens is 3. The molecule has 0 saturated carbocycles. The van der Waals surface area contributed by atoms with Gasteiger partial charge in [-0.3, -0.25) is 9.69 Å². The van der Waals surface area contributed by atoms with E-state index in [0.717, 1.165) is 28.8 Å². The molecule has 31 heavy (non-hydrogen) atoms. The van der Waals surface area contributed by atoms with E-state index in [2.05, 4.69) is 0 Å². The molecule has 3 rings (SSSR count). The van der Waals surface area contributed by atoms with E-state index < -0.39 is 29.7 Å². The second-order valence-electron chi connectivity index (χ2n) is 6.47. The molecule has 1 saturated heterocycles. The van der Waals surface area contributed by atoms with Gasteiger partial charge in [-0.1, -0.05) is 36.1 Å². The van der Waals surface area contributed by atoms with E-state index >= 15 is 0 Å². The summed E-state index contributed by atoms with van der Waals surface area (Å²) in [6.45, 7) is 0. The Labute approximate surface area is 189 Å². The van der Waals surface area contributed by atoms with Crippen LogP contribution in [0, 0.1) is 0 Å². The molecule has 1 aliphatic heterocycles. The Kier molecular flexibility index (Phi) is 7.17. The first-order chi connectivity index (χ1) is 14.6. The molecular formula is C20H16F3NO4S3. The van der Waals surface area contributed by atoms with Gasteiger partial charge in [0.05, 0.1) is 10.5 Å². The number of rotatable bonds is 7. The maximum absolute atomic E-state index is 12.9. The summed E-state index contributed by atoms with van der Waals surface area (Å²) >= 11 is 7.63. The zero-order valence-electron chi connectivity index (χ0n) is 16.0. The van der Waals surface area contributed by atoms with Crippen LogP contribution in [-0.4, -0.2) is 44.3 Å². The van der Waals surface area contributed by atoms with Crippen molar-refractivity contribution >= 4 is 58.0 Å². The van der Waals surface area contributed by atoms with Crippen molar-refractivity contribution in [2.24, 2.45) is 0 Å². The van der Waals surface area contributed by atoms with Crippen molar-refractivity contribution in [2.75, 3.05) is 12.0 Å². The number of carboxylic acids is 1. The van der Waals surface area contributed by atoms with Crippen LogP contribution in [0.4, 0.5) is 13.2 Å². The van der Waals surface area contributed by atoms with Crippen LogP contribution < -0.4 is 0 Å². The number of carbonyl (C=O) groups excluding carboxylic acids is 1. The molecule has 1 aromatic heterocycles. The van der Waals surface area contributed by atoms with Crippen molar-refractivity contribution in [1.29, 1.82) is 0 Å². The highest BCUT2D eigenvalue weighted by Gasteiger charge is 2.40. The number of hydrogen-bond donors (Lipinski definition) is 1. The van der Waals surface area contributed by atoms with Crippen molar-refractivity contribution in [3.63, 3.8) is 0 Å². The van der Waals surface area contributed by atoms with E-state index in [0.29, 0.717) is 5.75 Å². The number of nitrogens with zero attached hydrogens (tertiary/aromatic N) is 1. The molecule has 0 radical (unpaired) electrons. The second-order valence-corrected chi connectivity index (χ2v) is 9.13. The summed E-state index contributed by atoms with van der Waals surface area (Å²) in [5.41, 5.74) is -0.557. The number of hydrogen-bond acceptors (Lipinski definition) is 6. The van der Waals surface area contributed by atoms with E-state index in [4.69, 9.17) is 16.6 Å². The lowest BCUT2D eigenvalue weighted by molar-refractivity contribution is -0.145. The highest BCUT2D eigenvalue weighted by Crippen LogP contribution is 2.36. The Morgan fingerprint density at radius 3 is 2.74 bits per heavy atom. The number of thioether (sulfide) groups is 2. The van der Waals surface area contributed by atoms with Gasteiger partial charge in [0.15, 0.2) is 0 Å². The van der Waals surface area contributed by atoms with Crippen molar-refractivity contribution in [1.82, 2.24) is 4.90 Å². The molecule has 1 aromatic carbocycles. The number of alkyl halides is 3. The first-order valence-corrected chi connectivity index (χ1v) is 11.5. The van der Waals surface area contributed by atoms with Crippen LogP contribution in [0.1, 0.15) is 17.7 Å². The molecule has 1 fully saturated rings. The predicted octanol–water partition coefficient (Wildman–Crippen LogP) is 5.37. The van der Waals surface area contributed by atoms with Crippen molar-refractivity contribution in [3.8, 4) is 11.3 Å². The number of carbonyl (C=O) groups is 2. The van der Waals surface area contributed by atoms with Gasteiger partial charge in [-0.15, -0.1) is 0 Å². The Morgan fingerprint density at radius 2 is 2.10 bits per heavy atom. The van der Waals surface area contributed by atoms with E-state index in [9.17, 15) is 27.9 Å². The number of carboxylic acid groups (broad SMARTS) is 1. The molecule has 1 amide bonds. The number of furan rings is 1. The van der Waals surface area contributed by atoms with Crippen LogP contribution >= 0.6 is 35.7 Å². The number of benzene rings is 1. The van der Waals surface area contributed by atoms with Gasteiger partial charge in [0.1, 0.15) is 21.9 Å². The Hall–Kier alpha value is -2.24. The normalized spacial score (nSPS) is 16.9. The van der Waals surface area contributed by atoms with Gasteiger partial charge in [-0.2, -0.15) is 24.9 Å². The second kappa shape index (κ2) is 9.49. The molecule has 164 valence electrons. The molecule has 0 bridgehead atoms. The minimum absolute atomic E-state index is 0.134. The average Bonchev–Trinajstić information content (AvgIpc) is 3.27. The summed E-state index contributed by atoms with van der Waals surface area (Å²) in [7, 11) is 0. The maximum atomic E-state index is 12.9. The molecule has 2 heterocycles. The van der Waals surface area contributed by atoms with Crippen molar-refractivity contribution in [3.05, 3.63) is 52.6 Å². The maximum Gasteiger partial charge on any atom is 0.416 e. The molecule has 0 spiro atoms. The van der Waals surface area contributed by atoms with Crippen LogP contribution in [-0.2, 0) is 15.8 Å². The van der Waals surface area contributed by atoms with Crippen LogP contribution in [0.2, 0.25) is 0 Å². The Bertz CT molecular complexity index is 1050. The van der Waals surface area contributed by atoms with E-state index in [1.54, 1.807) is 0 Å². The summed E-state index contributed by atoms with van der Waals surface area (Å²) in [5.74, 6) is -0.692. The first-order valence-electron chi connectivity index (χ1n) is 8.88. The molecule has 0 unspecified atom stereocenters. The number of aliphatic carboxylic acids is 1. The van der Waals surface area contributed by atoms with E-state index in [1.165, 1.54) is 42.1 Å². The standard InChI is InChI=1S/C20H16F3NO4S3/c1-30-8-7-14(18(26)27)24-17(25)16(31-19(24)29)10-13-5-6-15(28-13)11-3-2-4-12(9-11)20(21,22)23/h2-6,9-10,14H,7-8H2,1H3,(H,26,27)/b16-10+/t14-/m1/s1. The van der Waals surface area contributed by atoms with Gasteiger partial charge in [0.2, 0.25) is 0 Å². The Balaban J connectivity index is 1.84. The van der Waals surface area contributed by atoms with Gasteiger partial charge in [-0.05, 0) is 42.7 Å². The first kappa shape index (κ1) is 23.4. The minimum Gasteiger partial charge on any atom is -0.480 e. The molecule has 5 nitrogen and oxygen atoms in total. The molecular weight excluding hydrogens is 471 g/mol. The SMILES string of the molecule is CSCC[C@H](C(=O)O)N1C(=O)/C(=C\c2ccc(-c3cccc(C(F)(F)F)c3)o2)SC1=S. The van der Waals surface area contributed by atoms with Crippen LogP contribution in [0.25, 0.3) is 17.4 Å². The minimum atomic E-state index is -4.48. The number of amides is 1. The van der Waals surface area contributed by atoms with Crippen LogP contribution in [0.5, 0.6) is 0 Å². The zero-order valence-corrected chi connectivity index (χ0v) is 18.5. The molecule has 1 atom stereocenters. The molecule has 11 heteroatoms. The van der Waals surface area contributed by atoms with Crippen molar-refractivity contribution in [2.45, 2.75) is 18.6 Å². The topological polar surface area (TPSA) is 70.8 Å². The molecule has 2 aromatic rings. The quantitative estimate of drug-likeness (QED) is 0.416. The van der Waals surface area contributed by atoms with Gasteiger partial charge < -0.3 is 9.52 Å². The predicted molar refractivity (Wildman–Crippen MR) is 119 cm³/mol. The highest BCUT2D eigenvalue weighted by molar-refractivity contribution is 8.26. The van der Waals surface area contributed by atoms with Gasteiger partial charge in [0.25, 0.3) is 5.91 Å². The third-order valence-corrected chi connectivity index (χ3v) is 6.36. The third-order valence-electron chi connectivity index (χ3n) is 4.39. The Morgan fingerprint density at radius 1 is 1.35 bits per heavy atom. The van der Waals surface area contributed by atoms with E-state index in [1.807, 2.05) is 6.26 Å². The summed E-state index contributed by atoms with van der Waals surface area (Å²) in [5, 5.41) is 9.49. The fourth-order valence-electron chi connectivity index (χ4n) is 2.90. The smallest absolute Gasteiger partial charge is 0.416 e. The molecule has 1 N–H and O–H groups in total. The number of thiocarbonyl (C=S) groups is 1. The average molecular weight is 488 g/mol. The lowest BCUT2D eigenvalue weighted by atomic mass is 10.1.